The van der Waals surface area contributed by atoms with Crippen molar-refractivity contribution in [1.82, 2.24) is 10.2 Å². The van der Waals surface area contributed by atoms with Gasteiger partial charge in [-0.15, -0.1) is 0 Å². The topological polar surface area (TPSA) is 61.9 Å². The summed E-state index contributed by atoms with van der Waals surface area (Å²) in [6.07, 6.45) is 2.57. The molecule has 0 aliphatic carbocycles. The second-order valence-corrected chi connectivity index (χ2v) is 6.46. The third-order valence-corrected chi connectivity index (χ3v) is 4.72. The van der Waals surface area contributed by atoms with Crippen molar-refractivity contribution < 1.29 is 14.3 Å². The summed E-state index contributed by atoms with van der Waals surface area (Å²) >= 11 is 0. The highest BCUT2D eigenvalue weighted by Crippen LogP contribution is 2.31. The van der Waals surface area contributed by atoms with Gasteiger partial charge in [0.1, 0.15) is 5.75 Å². The van der Waals surface area contributed by atoms with Crippen molar-refractivity contribution in [3.05, 3.63) is 24.3 Å². The van der Waals surface area contributed by atoms with Gasteiger partial charge in [0.15, 0.2) is 6.61 Å². The van der Waals surface area contributed by atoms with Gasteiger partial charge in [-0.3, -0.25) is 9.59 Å². The Bertz CT molecular complexity index is 603. The zero-order chi connectivity index (χ0) is 16.9. The number of ether oxygens (including phenoxy) is 1. The first kappa shape index (κ1) is 16.8. The number of anilines is 1. The van der Waals surface area contributed by atoms with E-state index in [0.717, 1.165) is 31.7 Å². The van der Waals surface area contributed by atoms with Crippen LogP contribution in [0.1, 0.15) is 19.3 Å². The molecule has 0 bridgehead atoms. The zero-order valence-electron chi connectivity index (χ0n) is 14.2. The number of piperidine rings is 1. The number of hydrogen-bond acceptors (Lipinski definition) is 4. The van der Waals surface area contributed by atoms with Gasteiger partial charge in [0.05, 0.1) is 5.69 Å². The lowest BCUT2D eigenvalue weighted by atomic mass is 9.98. The van der Waals surface area contributed by atoms with E-state index in [4.69, 9.17) is 4.74 Å². The lowest BCUT2D eigenvalue weighted by Crippen LogP contribution is -2.45. The molecule has 0 radical (unpaired) electrons. The average molecular weight is 331 g/mol. The fourth-order valence-corrected chi connectivity index (χ4v) is 3.51. The quantitative estimate of drug-likeness (QED) is 0.882. The van der Waals surface area contributed by atoms with Crippen molar-refractivity contribution in [2.75, 3.05) is 44.7 Å². The van der Waals surface area contributed by atoms with Crippen LogP contribution in [-0.2, 0) is 9.59 Å². The van der Waals surface area contributed by atoms with Gasteiger partial charge in [-0.05, 0) is 44.5 Å². The summed E-state index contributed by atoms with van der Waals surface area (Å²) in [6.45, 7) is 3.03. The van der Waals surface area contributed by atoms with Crippen LogP contribution in [0, 0.1) is 5.92 Å². The van der Waals surface area contributed by atoms with Gasteiger partial charge in [-0.1, -0.05) is 12.1 Å². The number of amides is 2. The Kier molecular flexibility index (Phi) is 5.35. The molecule has 1 saturated heterocycles. The van der Waals surface area contributed by atoms with Crippen molar-refractivity contribution in [2.45, 2.75) is 19.3 Å². The number of fused-ring (bicyclic) bond motifs is 1. The summed E-state index contributed by atoms with van der Waals surface area (Å²) in [4.78, 5) is 28.3. The van der Waals surface area contributed by atoms with E-state index in [9.17, 15) is 9.59 Å². The fraction of sp³-hybridized carbons (Fsp3) is 0.556. The van der Waals surface area contributed by atoms with Gasteiger partial charge in [0.25, 0.3) is 5.91 Å². The fourth-order valence-electron chi connectivity index (χ4n) is 3.51. The molecule has 0 saturated carbocycles. The minimum Gasteiger partial charge on any atom is -0.482 e. The molecule has 0 aromatic heterocycles. The van der Waals surface area contributed by atoms with E-state index in [-0.39, 0.29) is 18.4 Å². The third-order valence-electron chi connectivity index (χ3n) is 4.72. The monoisotopic (exact) mass is 331 g/mol. The Morgan fingerprint density at radius 2 is 2.21 bits per heavy atom. The highest BCUT2D eigenvalue weighted by molar-refractivity contribution is 5.98. The van der Waals surface area contributed by atoms with E-state index < -0.39 is 0 Å². The minimum atomic E-state index is -0.0896. The molecule has 6 heteroatoms. The Hall–Kier alpha value is -2.08. The van der Waals surface area contributed by atoms with Gasteiger partial charge < -0.3 is 19.9 Å². The molecule has 6 nitrogen and oxygen atoms in total. The number of benzene rings is 1. The molecule has 1 unspecified atom stereocenters. The number of rotatable bonds is 5. The molecule has 2 aliphatic rings. The number of nitrogens with zero attached hydrogens (tertiary/aromatic N) is 2. The molecule has 130 valence electrons. The summed E-state index contributed by atoms with van der Waals surface area (Å²) < 4.78 is 5.44. The Balaban J connectivity index is 1.59. The Morgan fingerprint density at radius 3 is 3.04 bits per heavy atom. The van der Waals surface area contributed by atoms with Gasteiger partial charge in [0, 0.05) is 26.1 Å². The van der Waals surface area contributed by atoms with Crippen molar-refractivity contribution >= 4 is 17.5 Å². The second kappa shape index (κ2) is 7.66. The summed E-state index contributed by atoms with van der Waals surface area (Å²) in [6, 6.07) is 7.47. The first-order valence-electron chi connectivity index (χ1n) is 8.63. The maximum atomic E-state index is 12.5. The molecule has 1 aromatic rings. The molecule has 24 heavy (non-hydrogen) atoms. The van der Waals surface area contributed by atoms with E-state index in [1.807, 2.05) is 36.2 Å². The van der Waals surface area contributed by atoms with Crippen LogP contribution in [0.5, 0.6) is 5.75 Å². The normalized spacial score (nSPS) is 20.5. The summed E-state index contributed by atoms with van der Waals surface area (Å²) in [5, 5.41) is 3.19. The summed E-state index contributed by atoms with van der Waals surface area (Å²) in [5.74, 6) is 1.27. The molecular weight excluding hydrogens is 306 g/mol. The predicted octanol–water partition coefficient (Wildman–Crippen LogP) is 1.26. The molecule has 1 atom stereocenters. The molecule has 2 amide bonds. The molecule has 2 heterocycles. The van der Waals surface area contributed by atoms with Crippen LogP contribution in [0.15, 0.2) is 24.3 Å². The third kappa shape index (κ3) is 3.70. The minimum absolute atomic E-state index is 0.0408. The number of hydrogen-bond donors (Lipinski definition) is 1. The lowest BCUT2D eigenvalue weighted by Gasteiger charge is -2.34. The van der Waals surface area contributed by atoms with Crippen molar-refractivity contribution in [2.24, 2.45) is 5.92 Å². The summed E-state index contributed by atoms with van der Waals surface area (Å²) in [5.41, 5.74) is 0.758. The highest BCUT2D eigenvalue weighted by Gasteiger charge is 2.27. The summed E-state index contributed by atoms with van der Waals surface area (Å²) in [7, 11) is 1.95. The van der Waals surface area contributed by atoms with Crippen molar-refractivity contribution in [1.29, 1.82) is 0 Å². The lowest BCUT2D eigenvalue weighted by molar-refractivity contribution is -0.132. The predicted molar refractivity (Wildman–Crippen MR) is 92.1 cm³/mol. The van der Waals surface area contributed by atoms with Crippen LogP contribution in [0.2, 0.25) is 0 Å². The molecule has 3 rings (SSSR count). The molecule has 1 N–H and O–H groups in total. The van der Waals surface area contributed by atoms with Gasteiger partial charge in [0.2, 0.25) is 5.91 Å². The van der Waals surface area contributed by atoms with Crippen molar-refractivity contribution in [3.63, 3.8) is 0 Å². The number of nitrogens with one attached hydrogen (secondary N) is 1. The van der Waals surface area contributed by atoms with Crippen LogP contribution in [0.3, 0.4) is 0 Å². The molecule has 0 spiro atoms. The van der Waals surface area contributed by atoms with E-state index in [2.05, 4.69) is 5.32 Å². The Labute approximate surface area is 142 Å². The largest absolute Gasteiger partial charge is 0.482 e. The number of likely N-dealkylation sites (tertiary alicyclic amines) is 1. The zero-order valence-corrected chi connectivity index (χ0v) is 14.2. The van der Waals surface area contributed by atoms with E-state index in [1.165, 1.54) is 6.42 Å². The van der Waals surface area contributed by atoms with Crippen LogP contribution in [0.25, 0.3) is 0 Å². The van der Waals surface area contributed by atoms with Crippen molar-refractivity contribution in [3.8, 4) is 5.75 Å². The van der Waals surface area contributed by atoms with Crippen LogP contribution in [0.4, 0.5) is 5.69 Å². The maximum Gasteiger partial charge on any atom is 0.265 e. The molecule has 2 aliphatic heterocycles. The van der Waals surface area contributed by atoms with Gasteiger partial charge in [-0.25, -0.2) is 0 Å². The van der Waals surface area contributed by atoms with E-state index in [1.54, 1.807) is 4.90 Å². The molecular formula is C18H25N3O3. The molecule has 1 aromatic carbocycles. The highest BCUT2D eigenvalue weighted by atomic mass is 16.5. The van der Waals surface area contributed by atoms with Gasteiger partial charge >= 0.3 is 0 Å². The average Bonchev–Trinajstić information content (AvgIpc) is 2.61. The van der Waals surface area contributed by atoms with Crippen LogP contribution >= 0.6 is 0 Å². The van der Waals surface area contributed by atoms with E-state index in [0.29, 0.717) is 24.6 Å². The van der Waals surface area contributed by atoms with Crippen LogP contribution < -0.4 is 15.0 Å². The van der Waals surface area contributed by atoms with Gasteiger partial charge in [-0.2, -0.15) is 0 Å². The SMILES string of the molecule is CNCC1CCCN(C(=O)CCN2C(=O)COc3ccccc32)C1. The second-order valence-electron chi connectivity index (χ2n) is 6.46. The number of carbonyl (C=O) groups excluding carboxylic acids is 2. The van der Waals surface area contributed by atoms with Crippen LogP contribution in [-0.4, -0.2) is 56.5 Å². The smallest absolute Gasteiger partial charge is 0.265 e. The number of para-hydroxylation sites is 2. The maximum absolute atomic E-state index is 12.5. The molecule has 1 fully saturated rings. The standard InChI is InChI=1S/C18H25N3O3/c1-19-11-14-5-4-9-20(12-14)17(22)8-10-21-15-6-2-3-7-16(15)24-13-18(21)23/h2-3,6-7,14,19H,4-5,8-13H2,1H3. The van der Waals surface area contributed by atoms with E-state index >= 15 is 0 Å². The first-order chi connectivity index (χ1) is 11.7. The Morgan fingerprint density at radius 1 is 1.38 bits per heavy atom. The first-order valence-corrected chi connectivity index (χ1v) is 8.63. The number of carbonyl (C=O) groups is 2.